The zero-order valence-electron chi connectivity index (χ0n) is 15.6. The number of carbonyl (C=O) groups excluding carboxylic acids is 1. The molecule has 1 aromatic rings. The predicted octanol–water partition coefficient (Wildman–Crippen LogP) is 5.15. The molecule has 0 aliphatic rings. The molecule has 0 bridgehead atoms. The Morgan fingerprint density at radius 2 is 1.23 bits per heavy atom. The fraction of sp³-hybridized carbons (Fsp3) is 0.562. The number of hydrogen-bond donors (Lipinski definition) is 0. The van der Waals surface area contributed by atoms with Crippen molar-refractivity contribution >= 4 is 36.4 Å². The first-order valence-electron chi connectivity index (χ1n) is 7.85. The molecule has 0 atom stereocenters. The molecule has 22 heavy (non-hydrogen) atoms. The van der Waals surface area contributed by atoms with Crippen LogP contribution in [0.5, 0.6) is 0 Å². The highest BCUT2D eigenvalue weighted by Gasteiger charge is 2.34. The first-order valence-corrected chi connectivity index (χ1v) is 18.2. The second kappa shape index (κ2) is 6.33. The van der Waals surface area contributed by atoms with Gasteiger partial charge in [0.2, 0.25) is 8.32 Å². The lowest BCUT2D eigenvalue weighted by Gasteiger charge is -2.46. The van der Waals surface area contributed by atoms with Crippen LogP contribution in [-0.4, -0.2) is 30.8 Å². The van der Waals surface area contributed by atoms with E-state index in [-0.39, 0.29) is 5.97 Å². The van der Waals surface area contributed by atoms with Crippen LogP contribution in [0.1, 0.15) is 10.4 Å². The maximum Gasteiger partial charge on any atom is 0.324 e. The van der Waals surface area contributed by atoms with E-state index in [1.165, 1.54) is 5.69 Å². The van der Waals surface area contributed by atoms with Crippen molar-refractivity contribution in [1.82, 2.24) is 0 Å². The van der Waals surface area contributed by atoms with Gasteiger partial charge in [-0.2, -0.15) is 0 Å². The highest BCUT2D eigenvalue weighted by molar-refractivity contribution is 6.99. The third kappa shape index (κ3) is 5.40. The molecule has 0 N–H and O–H groups in total. The van der Waals surface area contributed by atoms with E-state index in [0.29, 0.717) is 5.56 Å². The summed E-state index contributed by atoms with van der Waals surface area (Å²) in [5.41, 5.74) is 1.89. The molecule has 0 unspecified atom stereocenters. The quantitative estimate of drug-likeness (QED) is 0.685. The first kappa shape index (κ1) is 19.2. The van der Waals surface area contributed by atoms with Crippen LogP contribution in [0.15, 0.2) is 24.3 Å². The molecule has 0 spiro atoms. The van der Waals surface area contributed by atoms with Gasteiger partial charge in [-0.3, -0.25) is 0 Å². The molecule has 0 amide bonds. The van der Waals surface area contributed by atoms with E-state index < -0.39 is 24.8 Å². The van der Waals surface area contributed by atoms with E-state index in [0.717, 1.165) is 0 Å². The second-order valence-corrected chi connectivity index (χ2v) is 23.2. The number of carbonyl (C=O) groups is 1. The Kier molecular flexibility index (Phi) is 5.52. The molecule has 1 aromatic carbocycles. The van der Waals surface area contributed by atoms with Crippen LogP contribution in [0.2, 0.25) is 58.9 Å². The van der Waals surface area contributed by atoms with Gasteiger partial charge in [0.05, 0.1) is 5.56 Å². The van der Waals surface area contributed by atoms with Crippen LogP contribution in [0.4, 0.5) is 5.69 Å². The van der Waals surface area contributed by atoms with E-state index in [4.69, 9.17) is 4.43 Å². The van der Waals surface area contributed by atoms with Crippen LogP contribution in [0, 0.1) is 0 Å². The SMILES string of the molecule is C[Si](C)(C)OC(=O)c1ccc(N([Si](C)(C)C)[Si](C)(C)C)cc1. The molecule has 0 aliphatic carbocycles. The summed E-state index contributed by atoms with van der Waals surface area (Å²) in [6.07, 6.45) is 0. The maximum absolute atomic E-state index is 12.2. The van der Waals surface area contributed by atoms with Gasteiger partial charge >= 0.3 is 5.97 Å². The van der Waals surface area contributed by atoms with Gasteiger partial charge in [0, 0.05) is 5.69 Å². The summed E-state index contributed by atoms with van der Waals surface area (Å²) in [4.78, 5) is 12.2. The van der Waals surface area contributed by atoms with Crippen molar-refractivity contribution in [3.05, 3.63) is 29.8 Å². The zero-order valence-corrected chi connectivity index (χ0v) is 18.6. The minimum atomic E-state index is -1.84. The molecule has 0 radical (unpaired) electrons. The molecular weight excluding hydrogens is 322 g/mol. The number of nitrogens with zero attached hydrogens (tertiary/aromatic N) is 1. The average molecular weight is 354 g/mol. The maximum atomic E-state index is 12.2. The van der Waals surface area contributed by atoms with Crippen molar-refractivity contribution in [3.8, 4) is 0 Å². The number of hydrogen-bond acceptors (Lipinski definition) is 3. The van der Waals surface area contributed by atoms with Crippen molar-refractivity contribution in [2.45, 2.75) is 58.9 Å². The van der Waals surface area contributed by atoms with Gasteiger partial charge in [0.25, 0.3) is 0 Å². The Balaban J connectivity index is 3.08. The molecule has 1 rings (SSSR count). The molecule has 124 valence electrons. The van der Waals surface area contributed by atoms with E-state index >= 15 is 0 Å². The van der Waals surface area contributed by atoms with E-state index in [9.17, 15) is 4.79 Å². The average Bonchev–Trinajstić information content (AvgIpc) is 2.23. The topological polar surface area (TPSA) is 29.5 Å². The van der Waals surface area contributed by atoms with E-state index in [1.54, 1.807) is 0 Å². The summed E-state index contributed by atoms with van der Waals surface area (Å²) in [5.74, 6) is -0.196. The minimum absolute atomic E-state index is 0.196. The van der Waals surface area contributed by atoms with Crippen LogP contribution < -0.4 is 4.23 Å². The molecule has 6 heteroatoms. The molecule has 0 fully saturated rings. The Hall–Kier alpha value is -0.859. The molecule has 3 nitrogen and oxygen atoms in total. The monoisotopic (exact) mass is 353 g/mol. The van der Waals surface area contributed by atoms with Crippen molar-refractivity contribution < 1.29 is 9.22 Å². The summed E-state index contributed by atoms with van der Waals surface area (Å²) in [6, 6.07) is 7.98. The molecule has 0 heterocycles. The lowest BCUT2D eigenvalue weighted by atomic mass is 10.2. The summed E-state index contributed by atoms with van der Waals surface area (Å²) in [5, 5.41) is 0. The van der Waals surface area contributed by atoms with Gasteiger partial charge in [-0.1, -0.05) is 39.3 Å². The molecular formula is C16H31NO2Si3. The van der Waals surface area contributed by atoms with Crippen LogP contribution in [0.3, 0.4) is 0 Å². The fourth-order valence-corrected chi connectivity index (χ4v) is 13.4. The predicted molar refractivity (Wildman–Crippen MR) is 104 cm³/mol. The highest BCUT2D eigenvalue weighted by atomic mass is 28.4. The highest BCUT2D eigenvalue weighted by Crippen LogP contribution is 2.28. The van der Waals surface area contributed by atoms with E-state index in [1.807, 2.05) is 31.8 Å². The number of anilines is 1. The molecule has 0 saturated heterocycles. The Bertz CT molecular complexity index is 508. The van der Waals surface area contributed by atoms with Gasteiger partial charge in [0.1, 0.15) is 16.5 Å². The van der Waals surface area contributed by atoms with Crippen LogP contribution in [-0.2, 0) is 4.43 Å². The van der Waals surface area contributed by atoms with Gasteiger partial charge in [-0.15, -0.1) is 0 Å². The number of benzene rings is 1. The van der Waals surface area contributed by atoms with Crippen molar-refractivity contribution in [1.29, 1.82) is 0 Å². The standard InChI is InChI=1S/C16H31NO2Si3/c1-20(2,3)17(21(4,5)6)15-12-10-14(11-13-15)16(18)19-22(7,8)9/h10-13H,1-9H3. The first-order chi connectivity index (χ1) is 9.72. The summed E-state index contributed by atoms with van der Waals surface area (Å²) in [7, 11) is -4.76. The van der Waals surface area contributed by atoms with Crippen molar-refractivity contribution in [2.24, 2.45) is 0 Å². The van der Waals surface area contributed by atoms with Crippen molar-refractivity contribution in [3.63, 3.8) is 0 Å². The molecule has 0 saturated carbocycles. The summed E-state index contributed by atoms with van der Waals surface area (Å²) in [6.45, 7) is 20.3. The van der Waals surface area contributed by atoms with Crippen molar-refractivity contribution in [2.75, 3.05) is 4.23 Å². The van der Waals surface area contributed by atoms with E-state index in [2.05, 4.69) is 55.6 Å². The van der Waals surface area contributed by atoms with Gasteiger partial charge < -0.3 is 8.66 Å². The second-order valence-electron chi connectivity index (χ2n) is 8.73. The minimum Gasteiger partial charge on any atom is -0.516 e. The molecule has 0 aliphatic heterocycles. The van der Waals surface area contributed by atoms with Gasteiger partial charge in [-0.25, -0.2) is 4.79 Å². The third-order valence-electron chi connectivity index (χ3n) is 3.10. The van der Waals surface area contributed by atoms with Gasteiger partial charge in [0.15, 0.2) is 0 Å². The number of rotatable bonds is 5. The lowest BCUT2D eigenvalue weighted by molar-refractivity contribution is 0.0724. The normalized spacial score (nSPS) is 13.0. The largest absolute Gasteiger partial charge is 0.516 e. The van der Waals surface area contributed by atoms with Gasteiger partial charge in [-0.05, 0) is 43.9 Å². The summed E-state index contributed by atoms with van der Waals surface area (Å²) >= 11 is 0. The smallest absolute Gasteiger partial charge is 0.324 e. The molecule has 0 aromatic heterocycles. The zero-order chi connectivity index (χ0) is 17.3. The van der Waals surface area contributed by atoms with Crippen LogP contribution >= 0.6 is 0 Å². The Labute approximate surface area is 139 Å². The third-order valence-corrected chi connectivity index (χ3v) is 11.1. The lowest BCUT2D eigenvalue weighted by Crippen LogP contribution is -2.59. The Morgan fingerprint density at radius 3 is 1.55 bits per heavy atom. The fourth-order valence-electron chi connectivity index (χ4n) is 2.86. The van der Waals surface area contributed by atoms with Crippen LogP contribution in [0.25, 0.3) is 0 Å². The summed E-state index contributed by atoms with van der Waals surface area (Å²) < 4.78 is 8.21. The Morgan fingerprint density at radius 1 is 0.818 bits per heavy atom.